The fourth-order valence-corrected chi connectivity index (χ4v) is 7.55. The largest absolute Gasteiger partial charge is 0.390 e. The lowest BCUT2D eigenvalue weighted by Gasteiger charge is -2.47. The van der Waals surface area contributed by atoms with Crippen molar-refractivity contribution in [3.8, 4) is 0 Å². The molecule has 2 aliphatic rings. The molecule has 11 nitrogen and oxygen atoms in total. The van der Waals surface area contributed by atoms with E-state index in [1.165, 1.54) is 26.2 Å². The molecule has 45 heavy (non-hydrogen) atoms. The Hall–Kier alpha value is -2.96. The van der Waals surface area contributed by atoms with Gasteiger partial charge in [-0.15, -0.1) is 0 Å². The maximum Gasteiger partial charge on any atom is 0.326 e. The molecule has 250 valence electrons. The Bertz CT molecular complexity index is 1480. The minimum absolute atomic E-state index is 0.0656. The molecule has 1 aromatic carbocycles. The van der Waals surface area contributed by atoms with Crippen molar-refractivity contribution in [2.75, 3.05) is 19.3 Å². The highest BCUT2D eigenvalue weighted by atomic mass is 32.2. The van der Waals surface area contributed by atoms with Gasteiger partial charge in [0.1, 0.15) is 6.04 Å². The number of hydrogen-bond acceptors (Lipinski definition) is 7. The third-order valence-corrected chi connectivity index (χ3v) is 11.8. The van der Waals surface area contributed by atoms with Crippen molar-refractivity contribution in [1.82, 2.24) is 25.1 Å². The highest BCUT2D eigenvalue weighted by Gasteiger charge is 2.47. The number of aromatic amines is 1. The highest BCUT2D eigenvalue weighted by molar-refractivity contribution is 7.92. The zero-order valence-corrected chi connectivity index (χ0v) is 28.3. The van der Waals surface area contributed by atoms with Crippen LogP contribution in [0.2, 0.25) is 0 Å². The molecule has 0 radical (unpaired) electrons. The summed E-state index contributed by atoms with van der Waals surface area (Å²) < 4.78 is 25.2. The van der Waals surface area contributed by atoms with E-state index in [0.717, 1.165) is 48.5 Å². The van der Waals surface area contributed by atoms with Gasteiger partial charge in [-0.05, 0) is 71.3 Å². The highest BCUT2D eigenvalue weighted by Crippen LogP contribution is 2.39. The van der Waals surface area contributed by atoms with Gasteiger partial charge >= 0.3 is 5.69 Å². The van der Waals surface area contributed by atoms with Crippen LogP contribution in [0.25, 0.3) is 0 Å². The van der Waals surface area contributed by atoms with Gasteiger partial charge < -0.3 is 20.7 Å². The van der Waals surface area contributed by atoms with Crippen LogP contribution < -0.4 is 16.3 Å². The van der Waals surface area contributed by atoms with Gasteiger partial charge in [0.25, 0.3) is 0 Å². The lowest BCUT2D eigenvalue weighted by atomic mass is 9.72. The Morgan fingerprint density at radius 3 is 2.29 bits per heavy atom. The number of piperidine rings is 1. The topological polar surface area (TPSA) is 154 Å². The van der Waals surface area contributed by atoms with Gasteiger partial charge in [0, 0.05) is 37.3 Å². The Labute approximate surface area is 267 Å². The molecule has 1 aromatic heterocycles. The molecule has 1 aliphatic carbocycles. The molecule has 4 rings (SSSR count). The summed E-state index contributed by atoms with van der Waals surface area (Å²) in [6, 6.07) is 6.76. The Morgan fingerprint density at radius 1 is 1.07 bits per heavy atom. The first-order valence-electron chi connectivity index (χ1n) is 16.0. The van der Waals surface area contributed by atoms with E-state index >= 15 is 0 Å². The second-order valence-corrected chi connectivity index (χ2v) is 17.2. The van der Waals surface area contributed by atoms with Crippen LogP contribution in [-0.2, 0) is 25.8 Å². The van der Waals surface area contributed by atoms with Gasteiger partial charge in [-0.2, -0.15) is 0 Å². The van der Waals surface area contributed by atoms with Crippen molar-refractivity contribution in [3.63, 3.8) is 0 Å². The molecule has 0 spiro atoms. The number of aliphatic hydroxyl groups is 1. The fraction of sp³-hybridized carbons (Fsp3) is 0.667. The number of benzene rings is 1. The molecule has 0 bridgehead atoms. The second-order valence-electron chi connectivity index (χ2n) is 14.6. The molecule has 12 heteroatoms. The third kappa shape index (κ3) is 8.45. The van der Waals surface area contributed by atoms with Crippen molar-refractivity contribution in [3.05, 3.63) is 58.8 Å². The van der Waals surface area contributed by atoms with Crippen LogP contribution in [0, 0.1) is 11.8 Å². The number of nitrogens with one attached hydrogen (secondary N) is 3. The van der Waals surface area contributed by atoms with E-state index in [2.05, 4.69) is 20.5 Å². The van der Waals surface area contributed by atoms with Crippen LogP contribution in [0.4, 0.5) is 0 Å². The number of carbonyl (C=O) groups excluding carboxylic acids is 2. The molecule has 2 fully saturated rings. The predicted molar refractivity (Wildman–Crippen MR) is 174 cm³/mol. The van der Waals surface area contributed by atoms with Crippen LogP contribution >= 0.6 is 0 Å². The van der Waals surface area contributed by atoms with Gasteiger partial charge in [-0.1, -0.05) is 49.6 Å². The van der Waals surface area contributed by atoms with E-state index in [1.54, 1.807) is 0 Å². The van der Waals surface area contributed by atoms with Gasteiger partial charge in [-0.25, -0.2) is 13.2 Å². The quantitative estimate of drug-likeness (QED) is 0.293. The number of sulfone groups is 1. The van der Waals surface area contributed by atoms with Gasteiger partial charge in [0.2, 0.25) is 11.8 Å². The first-order valence-corrected chi connectivity index (χ1v) is 17.9. The van der Waals surface area contributed by atoms with Crippen molar-refractivity contribution >= 4 is 21.7 Å². The number of aromatic nitrogens is 2. The van der Waals surface area contributed by atoms with E-state index in [1.807, 2.05) is 51.1 Å². The number of aliphatic hydroxyl groups excluding tert-OH is 1. The molecular formula is C33H51N5O6S. The molecule has 2 amide bonds. The lowest BCUT2D eigenvalue weighted by Crippen LogP contribution is -2.61. The number of amides is 2. The first kappa shape index (κ1) is 34.9. The monoisotopic (exact) mass is 645 g/mol. The lowest BCUT2D eigenvalue weighted by molar-refractivity contribution is -0.133. The Kier molecular flexibility index (Phi) is 10.7. The SMILES string of the molecule is CC(C)(C)NC(=O)[C@@H]1CC2CCCCC2CN1C[C@@H](O)[C@H](Cc1ccccc1)NC(=O)[C@@H](n1cc[nH]c1=O)C(C)(C)S(C)(=O)=O. The van der Waals surface area contributed by atoms with Crippen molar-refractivity contribution in [2.24, 2.45) is 11.8 Å². The second kappa shape index (κ2) is 13.8. The summed E-state index contributed by atoms with van der Waals surface area (Å²) in [5.41, 5.74) is -0.158. The normalized spacial score (nSPS) is 23.4. The van der Waals surface area contributed by atoms with E-state index in [4.69, 9.17) is 0 Å². The van der Waals surface area contributed by atoms with Crippen molar-refractivity contribution in [1.29, 1.82) is 0 Å². The molecule has 2 heterocycles. The van der Waals surface area contributed by atoms with Gasteiger partial charge in [0.05, 0.1) is 22.9 Å². The maximum atomic E-state index is 14.1. The molecule has 4 N–H and O–H groups in total. The van der Waals surface area contributed by atoms with Crippen LogP contribution in [0.1, 0.15) is 78.3 Å². The minimum atomic E-state index is -3.82. The molecule has 1 saturated heterocycles. The van der Waals surface area contributed by atoms with E-state index < -0.39 is 55.9 Å². The maximum absolute atomic E-state index is 14.1. The van der Waals surface area contributed by atoms with E-state index in [9.17, 15) is 27.9 Å². The molecule has 2 aromatic rings. The first-order chi connectivity index (χ1) is 21.0. The number of rotatable bonds is 11. The summed E-state index contributed by atoms with van der Waals surface area (Å²) in [6.07, 6.45) is 8.14. The Balaban J connectivity index is 1.65. The number of H-pyrrole nitrogens is 1. The fourth-order valence-electron chi connectivity index (χ4n) is 6.92. The van der Waals surface area contributed by atoms with Gasteiger partial charge in [0.15, 0.2) is 9.84 Å². The number of β-amino-alcohol motifs (C(OH)–C–C–N with tert-alkyl or cyclic N) is 1. The average Bonchev–Trinajstić information content (AvgIpc) is 3.36. The molecule has 6 atom stereocenters. The smallest absolute Gasteiger partial charge is 0.326 e. The number of nitrogens with zero attached hydrogens (tertiary/aromatic N) is 2. The summed E-state index contributed by atoms with van der Waals surface area (Å²) >= 11 is 0. The average molecular weight is 646 g/mol. The standard InChI is InChI=1S/C33H51N5O6S/c1-32(2,3)36-29(40)26-19-23-14-10-11-15-24(23)20-37(26)21-27(39)25(18-22-12-8-7-9-13-22)35-30(41)28(33(4,5)45(6,43)44)38-17-16-34-31(38)42/h7-9,12-13,16-17,23-28,39H,10-11,14-15,18-21H2,1-6H3,(H,34,42)(H,35,41)(H,36,40)/t23?,24?,25-,26-,27+,28+/m0/s1. The predicted octanol–water partition coefficient (Wildman–Crippen LogP) is 2.42. The number of hydrogen-bond donors (Lipinski definition) is 4. The van der Waals surface area contributed by atoms with Crippen molar-refractivity contribution in [2.45, 2.75) is 108 Å². The number of imidazole rings is 1. The van der Waals surface area contributed by atoms with Crippen molar-refractivity contribution < 1.29 is 23.1 Å². The number of carbonyl (C=O) groups is 2. The van der Waals surface area contributed by atoms with E-state index in [-0.39, 0.29) is 18.9 Å². The zero-order valence-electron chi connectivity index (χ0n) is 27.5. The van der Waals surface area contributed by atoms with Crippen LogP contribution in [0.3, 0.4) is 0 Å². The number of fused-ring (bicyclic) bond motifs is 1. The molecule has 2 unspecified atom stereocenters. The summed E-state index contributed by atoms with van der Waals surface area (Å²) in [5, 5.41) is 17.9. The molecule has 1 aliphatic heterocycles. The van der Waals surface area contributed by atoms with Crippen LogP contribution in [-0.4, -0.2) is 87.6 Å². The number of likely N-dealkylation sites (tertiary alicyclic amines) is 1. The van der Waals surface area contributed by atoms with Crippen LogP contribution in [0.5, 0.6) is 0 Å². The summed E-state index contributed by atoms with van der Waals surface area (Å²) in [5.74, 6) is 0.137. The third-order valence-electron chi connectivity index (χ3n) is 9.63. The molecule has 1 saturated carbocycles. The Morgan fingerprint density at radius 2 is 1.71 bits per heavy atom. The van der Waals surface area contributed by atoms with E-state index in [0.29, 0.717) is 18.4 Å². The van der Waals surface area contributed by atoms with Gasteiger partial charge in [-0.3, -0.25) is 19.1 Å². The summed E-state index contributed by atoms with van der Waals surface area (Å²) in [7, 11) is -3.82. The van der Waals surface area contributed by atoms with Crippen LogP contribution in [0.15, 0.2) is 47.5 Å². The minimum Gasteiger partial charge on any atom is -0.390 e. The molecular weight excluding hydrogens is 594 g/mol. The summed E-state index contributed by atoms with van der Waals surface area (Å²) in [4.78, 5) is 44.9. The zero-order chi connectivity index (χ0) is 33.2. The summed E-state index contributed by atoms with van der Waals surface area (Å²) in [6.45, 7) is 9.51.